The quantitative estimate of drug-likeness (QED) is 0.565. The van der Waals surface area contributed by atoms with E-state index < -0.39 is 0 Å². The lowest BCUT2D eigenvalue weighted by atomic mass is 10.4. The van der Waals surface area contributed by atoms with Crippen LogP contribution in [0.4, 0.5) is 5.00 Å². The van der Waals surface area contributed by atoms with Crippen LogP contribution in [0, 0.1) is 11.3 Å². The highest BCUT2D eigenvalue weighted by molar-refractivity contribution is 7.14. The van der Waals surface area contributed by atoms with Crippen LogP contribution >= 0.6 is 11.3 Å². The van der Waals surface area contributed by atoms with Gasteiger partial charge in [-0.25, -0.2) is 0 Å². The normalized spacial score (nSPS) is 8.38. The van der Waals surface area contributed by atoms with Crippen molar-refractivity contribution < 1.29 is 0 Å². The van der Waals surface area contributed by atoms with Gasteiger partial charge >= 0.3 is 0 Å². The van der Waals surface area contributed by atoms with E-state index in [0.717, 1.165) is 0 Å². The fourth-order valence-electron chi connectivity index (χ4n) is 0.411. The second-order valence-electron chi connectivity index (χ2n) is 1.35. The van der Waals surface area contributed by atoms with Crippen LogP contribution < -0.4 is 5.73 Å². The molecule has 0 aliphatic rings. The third-order valence-corrected chi connectivity index (χ3v) is 1.51. The molecule has 8 heavy (non-hydrogen) atoms. The van der Waals surface area contributed by atoms with Gasteiger partial charge in [0.2, 0.25) is 0 Å². The Morgan fingerprint density at radius 1 is 1.75 bits per heavy atom. The molecule has 0 spiro atoms. The van der Waals surface area contributed by atoms with Crippen molar-refractivity contribution in [3.05, 3.63) is 17.0 Å². The fourth-order valence-corrected chi connectivity index (χ4v) is 0.990. The van der Waals surface area contributed by atoms with E-state index in [1.54, 1.807) is 11.4 Å². The SMILES string of the molecule is N#Cc1csc(N)c1. The van der Waals surface area contributed by atoms with Crippen molar-refractivity contribution in [3.8, 4) is 6.07 Å². The molecule has 3 heteroatoms. The molecule has 0 fully saturated rings. The Morgan fingerprint density at radius 3 is 2.75 bits per heavy atom. The lowest BCUT2D eigenvalue weighted by Gasteiger charge is -1.70. The van der Waals surface area contributed by atoms with Gasteiger partial charge in [-0.05, 0) is 6.07 Å². The highest BCUT2D eigenvalue weighted by Crippen LogP contribution is 2.14. The van der Waals surface area contributed by atoms with E-state index in [9.17, 15) is 0 Å². The molecular weight excluding hydrogens is 120 g/mol. The minimum atomic E-state index is 0.646. The molecule has 0 aliphatic heterocycles. The zero-order valence-corrected chi connectivity index (χ0v) is 4.90. The third kappa shape index (κ3) is 0.796. The Kier molecular flexibility index (Phi) is 1.18. The van der Waals surface area contributed by atoms with Crippen molar-refractivity contribution in [2.45, 2.75) is 0 Å². The maximum absolute atomic E-state index is 8.25. The predicted octanol–water partition coefficient (Wildman–Crippen LogP) is 1.20. The van der Waals surface area contributed by atoms with E-state index in [1.807, 2.05) is 6.07 Å². The molecule has 2 nitrogen and oxygen atoms in total. The minimum absolute atomic E-state index is 0.646. The Balaban J connectivity index is 3.05. The average molecular weight is 124 g/mol. The third-order valence-electron chi connectivity index (χ3n) is 0.749. The Morgan fingerprint density at radius 2 is 2.50 bits per heavy atom. The Bertz CT molecular complexity index is 221. The first-order valence-electron chi connectivity index (χ1n) is 2.07. The molecule has 0 atom stereocenters. The molecule has 0 aromatic carbocycles. The number of nitrogens with zero attached hydrogens (tertiary/aromatic N) is 1. The van der Waals surface area contributed by atoms with Crippen LogP contribution in [0.1, 0.15) is 5.56 Å². The highest BCUT2D eigenvalue weighted by atomic mass is 32.1. The number of hydrogen-bond acceptors (Lipinski definition) is 3. The number of anilines is 1. The van der Waals surface area contributed by atoms with Crippen molar-refractivity contribution in [2.75, 3.05) is 5.73 Å². The molecule has 1 aromatic rings. The summed E-state index contributed by atoms with van der Waals surface area (Å²) in [6.45, 7) is 0. The van der Waals surface area contributed by atoms with E-state index in [1.165, 1.54) is 11.3 Å². The molecule has 0 radical (unpaired) electrons. The maximum atomic E-state index is 8.25. The Labute approximate surface area is 51.2 Å². The largest absolute Gasteiger partial charge is 0.391 e. The first-order chi connectivity index (χ1) is 3.83. The summed E-state index contributed by atoms with van der Waals surface area (Å²) in [5, 5.41) is 10.7. The van der Waals surface area contributed by atoms with Crippen LogP contribution in [0.2, 0.25) is 0 Å². The van der Waals surface area contributed by atoms with E-state index in [2.05, 4.69) is 0 Å². The van der Waals surface area contributed by atoms with Gasteiger partial charge in [-0.2, -0.15) is 5.26 Å². The number of nitrogen functional groups attached to an aromatic ring is 1. The lowest BCUT2D eigenvalue weighted by Crippen LogP contribution is -1.73. The second-order valence-corrected chi connectivity index (χ2v) is 2.29. The molecule has 2 N–H and O–H groups in total. The van der Waals surface area contributed by atoms with E-state index in [4.69, 9.17) is 11.0 Å². The monoisotopic (exact) mass is 124 g/mol. The molecule has 40 valence electrons. The number of nitrogens with two attached hydrogens (primary N) is 1. The number of rotatable bonds is 0. The predicted molar refractivity (Wildman–Crippen MR) is 33.4 cm³/mol. The second kappa shape index (κ2) is 1.85. The molecule has 1 heterocycles. The van der Waals surface area contributed by atoms with Crippen LogP contribution in [0.3, 0.4) is 0 Å². The van der Waals surface area contributed by atoms with E-state index in [0.29, 0.717) is 10.6 Å². The van der Waals surface area contributed by atoms with Crippen LogP contribution in [0.25, 0.3) is 0 Å². The summed E-state index contributed by atoms with van der Waals surface area (Å²) in [5.74, 6) is 0. The molecule has 0 saturated heterocycles. The van der Waals surface area contributed by atoms with Gasteiger partial charge in [-0.1, -0.05) is 0 Å². The van der Waals surface area contributed by atoms with Gasteiger partial charge in [-0.15, -0.1) is 11.3 Å². The smallest absolute Gasteiger partial charge is 0.100 e. The van der Waals surface area contributed by atoms with Crippen molar-refractivity contribution >= 4 is 16.3 Å². The summed E-state index contributed by atoms with van der Waals surface area (Å²) in [4.78, 5) is 0. The van der Waals surface area contributed by atoms with Gasteiger partial charge in [0.1, 0.15) is 6.07 Å². The standard InChI is InChI=1S/C5H4N2S/c6-2-4-1-5(7)8-3-4/h1,3H,7H2. The van der Waals surface area contributed by atoms with Crippen molar-refractivity contribution in [1.82, 2.24) is 0 Å². The molecule has 0 bridgehead atoms. The van der Waals surface area contributed by atoms with Crippen LogP contribution in [0.15, 0.2) is 11.4 Å². The minimum Gasteiger partial charge on any atom is -0.391 e. The summed E-state index contributed by atoms with van der Waals surface area (Å²) in [6.07, 6.45) is 0. The van der Waals surface area contributed by atoms with Gasteiger partial charge < -0.3 is 5.73 Å². The zero-order valence-electron chi connectivity index (χ0n) is 4.09. The first kappa shape index (κ1) is 5.13. The van der Waals surface area contributed by atoms with Crippen LogP contribution in [-0.2, 0) is 0 Å². The van der Waals surface area contributed by atoms with E-state index >= 15 is 0 Å². The molecular formula is C5H4N2S. The summed E-state index contributed by atoms with van der Waals surface area (Å²) < 4.78 is 0. The summed E-state index contributed by atoms with van der Waals surface area (Å²) in [6, 6.07) is 3.64. The van der Waals surface area contributed by atoms with Gasteiger partial charge in [-0.3, -0.25) is 0 Å². The summed E-state index contributed by atoms with van der Waals surface area (Å²) in [7, 11) is 0. The average Bonchev–Trinajstić information content (AvgIpc) is 2.14. The molecule has 0 aliphatic carbocycles. The molecule has 0 unspecified atom stereocenters. The van der Waals surface area contributed by atoms with Crippen molar-refractivity contribution in [1.29, 1.82) is 5.26 Å². The first-order valence-corrected chi connectivity index (χ1v) is 2.95. The summed E-state index contributed by atoms with van der Waals surface area (Å²) in [5.41, 5.74) is 5.97. The molecule has 1 aromatic heterocycles. The number of thiophene rings is 1. The van der Waals surface area contributed by atoms with Gasteiger partial charge in [0.15, 0.2) is 0 Å². The van der Waals surface area contributed by atoms with Gasteiger partial charge in [0.05, 0.1) is 10.6 Å². The van der Waals surface area contributed by atoms with Crippen LogP contribution in [0.5, 0.6) is 0 Å². The fraction of sp³-hybridized carbons (Fsp3) is 0. The van der Waals surface area contributed by atoms with Crippen molar-refractivity contribution in [3.63, 3.8) is 0 Å². The maximum Gasteiger partial charge on any atom is 0.100 e. The van der Waals surface area contributed by atoms with Gasteiger partial charge in [0, 0.05) is 5.38 Å². The highest BCUT2D eigenvalue weighted by Gasteiger charge is 1.90. The molecule has 0 amide bonds. The Hall–Kier alpha value is -1.01. The van der Waals surface area contributed by atoms with E-state index in [-0.39, 0.29) is 0 Å². The molecule has 1 rings (SSSR count). The van der Waals surface area contributed by atoms with Crippen LogP contribution in [-0.4, -0.2) is 0 Å². The summed E-state index contributed by atoms with van der Waals surface area (Å²) >= 11 is 1.38. The topological polar surface area (TPSA) is 49.8 Å². The molecule has 0 saturated carbocycles. The number of nitriles is 1. The lowest BCUT2D eigenvalue weighted by molar-refractivity contribution is 1.51. The van der Waals surface area contributed by atoms with Crippen molar-refractivity contribution in [2.24, 2.45) is 0 Å². The number of hydrogen-bond donors (Lipinski definition) is 1. The van der Waals surface area contributed by atoms with Gasteiger partial charge in [0.25, 0.3) is 0 Å². The zero-order chi connectivity index (χ0) is 5.98.